The van der Waals surface area contributed by atoms with E-state index in [2.05, 4.69) is 12.0 Å². The van der Waals surface area contributed by atoms with Crippen molar-refractivity contribution < 1.29 is 4.79 Å². The highest BCUT2D eigenvalue weighted by Gasteiger charge is 2.35. The molecule has 0 aliphatic carbocycles. The summed E-state index contributed by atoms with van der Waals surface area (Å²) in [6, 6.07) is 3.92. The van der Waals surface area contributed by atoms with Gasteiger partial charge in [0.25, 0.3) is 0 Å². The van der Waals surface area contributed by atoms with Gasteiger partial charge in [-0.2, -0.15) is 5.10 Å². The second-order valence-electron chi connectivity index (χ2n) is 8.05. The van der Waals surface area contributed by atoms with Crippen LogP contribution in [0.3, 0.4) is 0 Å². The Morgan fingerprint density at radius 3 is 2.73 bits per heavy atom. The predicted molar refractivity (Wildman–Crippen MR) is 101 cm³/mol. The smallest absolute Gasteiger partial charge is 0.228 e. The Morgan fingerprint density at radius 2 is 2.04 bits per heavy atom. The Labute approximate surface area is 155 Å². The Morgan fingerprint density at radius 1 is 1.27 bits per heavy atom. The number of hydrogen-bond donors (Lipinski definition) is 0. The van der Waals surface area contributed by atoms with Crippen LogP contribution < -0.4 is 0 Å². The topological polar surface area (TPSA) is 63.9 Å². The van der Waals surface area contributed by atoms with Gasteiger partial charge in [0.1, 0.15) is 0 Å². The summed E-state index contributed by atoms with van der Waals surface area (Å²) in [5.74, 6) is 0.925. The van der Waals surface area contributed by atoms with Gasteiger partial charge in [-0.1, -0.05) is 20.8 Å². The van der Waals surface area contributed by atoms with Crippen LogP contribution in [-0.4, -0.2) is 37.1 Å². The van der Waals surface area contributed by atoms with E-state index in [-0.39, 0.29) is 11.9 Å². The Bertz CT molecular complexity index is 790. The molecule has 0 aromatic carbocycles. The van der Waals surface area contributed by atoms with Gasteiger partial charge in [0.05, 0.1) is 17.4 Å². The molecule has 1 aliphatic rings. The van der Waals surface area contributed by atoms with Crippen LogP contribution in [0, 0.1) is 12.3 Å². The lowest BCUT2D eigenvalue weighted by Crippen LogP contribution is -2.44. The van der Waals surface area contributed by atoms with Crippen LogP contribution in [0.2, 0.25) is 0 Å². The lowest BCUT2D eigenvalue weighted by molar-refractivity contribution is -0.143. The largest absolute Gasteiger partial charge is 0.332 e. The van der Waals surface area contributed by atoms with Crippen molar-refractivity contribution in [2.45, 2.75) is 66.5 Å². The van der Waals surface area contributed by atoms with Crippen LogP contribution >= 0.6 is 0 Å². The number of piperidine rings is 1. The Balaban J connectivity index is 2.01. The fourth-order valence-corrected chi connectivity index (χ4v) is 3.55. The van der Waals surface area contributed by atoms with Gasteiger partial charge in [-0.15, -0.1) is 0 Å². The first-order valence-corrected chi connectivity index (χ1v) is 9.50. The zero-order chi connectivity index (χ0) is 18.9. The third-order valence-corrected chi connectivity index (χ3v) is 4.85. The molecule has 140 valence electrons. The van der Waals surface area contributed by atoms with Gasteiger partial charge in [-0.05, 0) is 45.2 Å². The van der Waals surface area contributed by atoms with E-state index in [9.17, 15) is 4.79 Å². The van der Waals surface area contributed by atoms with Gasteiger partial charge in [-0.3, -0.25) is 9.48 Å². The summed E-state index contributed by atoms with van der Waals surface area (Å²) in [5, 5.41) is 4.35. The second kappa shape index (κ2) is 7.17. The van der Waals surface area contributed by atoms with Gasteiger partial charge in [0.2, 0.25) is 5.91 Å². The predicted octanol–water partition coefficient (Wildman–Crippen LogP) is 3.77. The summed E-state index contributed by atoms with van der Waals surface area (Å²) in [6.45, 7) is 11.5. The minimum absolute atomic E-state index is 0.0490. The summed E-state index contributed by atoms with van der Waals surface area (Å²) in [6.07, 6.45) is 4.85. The third kappa shape index (κ3) is 3.64. The molecule has 0 saturated carbocycles. The summed E-state index contributed by atoms with van der Waals surface area (Å²) in [7, 11) is 0. The number of carbonyl (C=O) groups is 1. The van der Waals surface area contributed by atoms with E-state index >= 15 is 0 Å². The van der Waals surface area contributed by atoms with Crippen LogP contribution in [0.4, 0.5) is 0 Å². The van der Waals surface area contributed by atoms with Gasteiger partial charge in [0.15, 0.2) is 5.82 Å². The quantitative estimate of drug-likeness (QED) is 0.841. The summed E-state index contributed by atoms with van der Waals surface area (Å²) >= 11 is 0. The SMILES string of the molecule is CCn1nccc1-c1cc(C)nc([C@H]2CCCCN2C(=O)C(C)(C)C)n1. The normalized spacial score (nSPS) is 18.2. The minimum atomic E-state index is -0.400. The zero-order valence-corrected chi connectivity index (χ0v) is 16.5. The van der Waals surface area contributed by atoms with E-state index in [1.165, 1.54) is 0 Å². The average Bonchev–Trinajstić information content (AvgIpc) is 3.08. The molecule has 2 aromatic rings. The van der Waals surface area contributed by atoms with E-state index in [1.807, 2.05) is 49.4 Å². The van der Waals surface area contributed by atoms with Crippen molar-refractivity contribution in [1.82, 2.24) is 24.6 Å². The minimum Gasteiger partial charge on any atom is -0.332 e. The van der Waals surface area contributed by atoms with Gasteiger partial charge in [0, 0.05) is 30.4 Å². The molecule has 0 radical (unpaired) electrons. The lowest BCUT2D eigenvalue weighted by Gasteiger charge is -2.38. The van der Waals surface area contributed by atoms with E-state index < -0.39 is 5.41 Å². The lowest BCUT2D eigenvalue weighted by atomic mass is 9.91. The maximum Gasteiger partial charge on any atom is 0.228 e. The molecule has 1 atom stereocenters. The molecule has 0 unspecified atom stereocenters. The fourth-order valence-electron chi connectivity index (χ4n) is 3.55. The molecule has 3 heterocycles. The van der Waals surface area contributed by atoms with Crippen molar-refractivity contribution in [3.05, 3.63) is 29.8 Å². The number of nitrogens with zero attached hydrogens (tertiary/aromatic N) is 5. The number of rotatable bonds is 3. The van der Waals surface area contributed by atoms with Crippen LogP contribution in [0.15, 0.2) is 18.3 Å². The molecule has 1 amide bonds. The van der Waals surface area contributed by atoms with Crippen molar-refractivity contribution >= 4 is 5.91 Å². The number of carbonyl (C=O) groups excluding carboxylic acids is 1. The molecule has 3 rings (SSSR count). The number of hydrogen-bond acceptors (Lipinski definition) is 4. The Hall–Kier alpha value is -2.24. The maximum atomic E-state index is 13.0. The van der Waals surface area contributed by atoms with E-state index in [1.54, 1.807) is 6.20 Å². The van der Waals surface area contributed by atoms with E-state index in [0.717, 1.165) is 55.3 Å². The van der Waals surface area contributed by atoms with Crippen molar-refractivity contribution in [3.63, 3.8) is 0 Å². The van der Waals surface area contributed by atoms with Crippen LogP contribution in [0.25, 0.3) is 11.4 Å². The fraction of sp³-hybridized carbons (Fsp3) is 0.600. The second-order valence-corrected chi connectivity index (χ2v) is 8.05. The molecule has 2 aromatic heterocycles. The first kappa shape index (κ1) is 18.5. The molecule has 6 nitrogen and oxygen atoms in total. The molecular weight excluding hydrogens is 326 g/mol. The van der Waals surface area contributed by atoms with Gasteiger partial charge in [-0.25, -0.2) is 9.97 Å². The van der Waals surface area contributed by atoms with Crippen molar-refractivity contribution in [2.75, 3.05) is 6.54 Å². The average molecular weight is 355 g/mol. The van der Waals surface area contributed by atoms with Crippen LogP contribution in [0.5, 0.6) is 0 Å². The first-order valence-electron chi connectivity index (χ1n) is 9.50. The van der Waals surface area contributed by atoms with Crippen molar-refractivity contribution in [1.29, 1.82) is 0 Å². The maximum absolute atomic E-state index is 13.0. The van der Waals surface area contributed by atoms with Crippen LogP contribution in [-0.2, 0) is 11.3 Å². The molecule has 6 heteroatoms. The number of aryl methyl sites for hydroxylation is 2. The highest BCUT2D eigenvalue weighted by Crippen LogP contribution is 2.33. The summed E-state index contributed by atoms with van der Waals surface area (Å²) in [4.78, 5) is 24.5. The number of aromatic nitrogens is 4. The first-order chi connectivity index (χ1) is 12.3. The molecule has 0 bridgehead atoms. The highest BCUT2D eigenvalue weighted by atomic mass is 16.2. The summed E-state index contributed by atoms with van der Waals surface area (Å²) < 4.78 is 1.94. The molecule has 0 N–H and O–H groups in total. The van der Waals surface area contributed by atoms with Crippen LogP contribution in [0.1, 0.15) is 64.5 Å². The molecule has 0 spiro atoms. The zero-order valence-electron chi connectivity index (χ0n) is 16.5. The molecule has 1 aliphatic heterocycles. The third-order valence-electron chi connectivity index (χ3n) is 4.85. The highest BCUT2D eigenvalue weighted by molar-refractivity contribution is 5.82. The van der Waals surface area contributed by atoms with Crippen molar-refractivity contribution in [2.24, 2.45) is 5.41 Å². The molecule has 1 fully saturated rings. The molecule has 26 heavy (non-hydrogen) atoms. The number of likely N-dealkylation sites (tertiary alicyclic amines) is 1. The molecule has 1 saturated heterocycles. The van der Waals surface area contributed by atoms with E-state index in [4.69, 9.17) is 9.97 Å². The van der Waals surface area contributed by atoms with Crippen molar-refractivity contribution in [3.8, 4) is 11.4 Å². The monoisotopic (exact) mass is 355 g/mol. The van der Waals surface area contributed by atoms with E-state index in [0.29, 0.717) is 0 Å². The summed E-state index contributed by atoms with van der Waals surface area (Å²) in [5.41, 5.74) is 2.38. The Kier molecular flexibility index (Phi) is 5.12. The standard InChI is InChI=1S/C20H29N5O/c1-6-25-16(10-11-21-25)15-13-14(2)22-18(23-15)17-9-7-8-12-24(17)19(26)20(3,4)5/h10-11,13,17H,6-9,12H2,1-5H3/t17-/m1/s1. The number of amides is 1. The van der Waals surface area contributed by atoms with Gasteiger partial charge >= 0.3 is 0 Å². The molecular formula is C20H29N5O. The van der Waals surface area contributed by atoms with Gasteiger partial charge < -0.3 is 4.90 Å².